The summed E-state index contributed by atoms with van der Waals surface area (Å²) in [6, 6.07) is 4.27. The largest absolute Gasteiger partial charge is 0.480 e. The number of nitrogens with zero attached hydrogens (tertiary/aromatic N) is 5. The van der Waals surface area contributed by atoms with Crippen LogP contribution in [0.1, 0.15) is 12.0 Å². The first kappa shape index (κ1) is 21.0. The number of nitrogens with one attached hydrogen (secondary N) is 2. The lowest BCUT2D eigenvalue weighted by atomic mass is 10.0. The third-order valence-electron chi connectivity index (χ3n) is 5.19. The first-order valence-corrected chi connectivity index (χ1v) is 10.2. The van der Waals surface area contributed by atoms with Gasteiger partial charge in [0.1, 0.15) is 6.17 Å². The van der Waals surface area contributed by atoms with Crippen molar-refractivity contribution < 1.29 is 14.2 Å². The van der Waals surface area contributed by atoms with Gasteiger partial charge in [0.05, 0.1) is 45.0 Å². The topological polar surface area (TPSA) is 106 Å². The van der Waals surface area contributed by atoms with E-state index in [0.717, 1.165) is 56.2 Å². The van der Waals surface area contributed by atoms with Crippen molar-refractivity contribution in [3.8, 4) is 11.9 Å². The first-order valence-electron chi connectivity index (χ1n) is 10.2. The van der Waals surface area contributed by atoms with E-state index in [0.29, 0.717) is 5.88 Å². The Hall–Kier alpha value is -3.24. The monoisotopic (exact) mass is 425 g/mol. The molecule has 3 aliphatic heterocycles. The van der Waals surface area contributed by atoms with E-state index in [1.54, 1.807) is 32.0 Å². The first-order chi connectivity index (χ1) is 15.3. The highest BCUT2D eigenvalue weighted by Gasteiger charge is 2.34. The maximum atomic E-state index is 5.43. The molecule has 0 bridgehead atoms. The van der Waals surface area contributed by atoms with Gasteiger partial charge in [-0.2, -0.15) is 4.98 Å². The van der Waals surface area contributed by atoms with Crippen molar-refractivity contribution in [2.45, 2.75) is 12.6 Å². The molecule has 31 heavy (non-hydrogen) atoms. The predicted octanol–water partition coefficient (Wildman–Crippen LogP) is 1.07. The van der Waals surface area contributed by atoms with Crippen LogP contribution in [-0.2, 0) is 4.74 Å². The zero-order valence-corrected chi connectivity index (χ0v) is 17.7. The fourth-order valence-corrected chi connectivity index (χ4v) is 3.72. The summed E-state index contributed by atoms with van der Waals surface area (Å²) < 4.78 is 15.5. The molecule has 3 aliphatic rings. The third-order valence-corrected chi connectivity index (χ3v) is 5.19. The normalized spacial score (nSPS) is 19.8. The summed E-state index contributed by atoms with van der Waals surface area (Å²) >= 11 is 0. The number of methoxy groups -OCH3 is 2. The van der Waals surface area contributed by atoms with Crippen molar-refractivity contribution in [3.63, 3.8) is 0 Å². The zero-order valence-electron chi connectivity index (χ0n) is 17.7. The lowest BCUT2D eigenvalue weighted by molar-refractivity contribution is 0.109. The Balaban J connectivity index is 0.000000334. The molecule has 5 heterocycles. The smallest absolute Gasteiger partial charge is 0.319 e. The van der Waals surface area contributed by atoms with Gasteiger partial charge in [-0.15, -0.1) is 0 Å². The van der Waals surface area contributed by atoms with Gasteiger partial charge < -0.3 is 29.7 Å². The van der Waals surface area contributed by atoms with Crippen molar-refractivity contribution >= 4 is 17.7 Å². The van der Waals surface area contributed by atoms with Gasteiger partial charge in [-0.1, -0.05) is 0 Å². The Morgan fingerprint density at radius 3 is 2.58 bits per heavy atom. The van der Waals surface area contributed by atoms with Crippen LogP contribution in [0.5, 0.6) is 11.9 Å². The molecule has 2 fully saturated rings. The number of rotatable bonds is 4. The van der Waals surface area contributed by atoms with Crippen LogP contribution in [-0.4, -0.2) is 74.5 Å². The van der Waals surface area contributed by atoms with Gasteiger partial charge in [0.25, 0.3) is 0 Å². The van der Waals surface area contributed by atoms with Gasteiger partial charge in [-0.3, -0.25) is 4.98 Å². The van der Waals surface area contributed by atoms with Crippen LogP contribution >= 0.6 is 0 Å². The van der Waals surface area contributed by atoms with E-state index in [4.69, 9.17) is 14.2 Å². The summed E-state index contributed by atoms with van der Waals surface area (Å²) in [7, 11) is 3.12. The molecule has 10 nitrogen and oxygen atoms in total. The van der Waals surface area contributed by atoms with Gasteiger partial charge >= 0.3 is 6.01 Å². The van der Waals surface area contributed by atoms with E-state index in [2.05, 4.69) is 35.5 Å². The molecular formula is C21H27N7O3. The molecule has 2 aromatic rings. The molecule has 0 radical (unpaired) electrons. The molecule has 0 aromatic carbocycles. The van der Waals surface area contributed by atoms with E-state index in [1.165, 1.54) is 12.7 Å². The Kier molecular flexibility index (Phi) is 6.90. The number of morpholine rings is 1. The maximum Gasteiger partial charge on any atom is 0.319 e. The van der Waals surface area contributed by atoms with E-state index >= 15 is 0 Å². The lowest BCUT2D eigenvalue weighted by Crippen LogP contribution is -2.33. The van der Waals surface area contributed by atoms with Crippen LogP contribution in [0.2, 0.25) is 0 Å². The highest BCUT2D eigenvalue weighted by molar-refractivity contribution is 5.84. The molecule has 2 aromatic heterocycles. The highest BCUT2D eigenvalue weighted by Crippen LogP contribution is 2.37. The molecule has 1 unspecified atom stereocenters. The van der Waals surface area contributed by atoms with Gasteiger partial charge in [0.2, 0.25) is 5.88 Å². The van der Waals surface area contributed by atoms with Crippen molar-refractivity contribution in [3.05, 3.63) is 41.9 Å². The number of hydrogen-bond donors (Lipinski definition) is 2. The second-order valence-electron chi connectivity index (χ2n) is 6.99. The summed E-state index contributed by atoms with van der Waals surface area (Å²) in [6.07, 6.45) is 7.86. The molecule has 0 spiro atoms. The van der Waals surface area contributed by atoms with Crippen molar-refractivity contribution in [2.75, 3.05) is 52.0 Å². The minimum absolute atomic E-state index is 0.0505. The fraction of sp³-hybridized carbons (Fsp3) is 0.429. The number of anilines is 1. The third kappa shape index (κ3) is 4.75. The summed E-state index contributed by atoms with van der Waals surface area (Å²) in [6.45, 7) is 4.71. The number of aromatic nitrogens is 3. The maximum absolute atomic E-state index is 5.43. The quantitative estimate of drug-likeness (QED) is 0.744. The summed E-state index contributed by atoms with van der Waals surface area (Å²) in [5, 5.41) is 6.40. The number of ether oxygens (including phenoxy) is 3. The van der Waals surface area contributed by atoms with E-state index < -0.39 is 0 Å². The highest BCUT2D eigenvalue weighted by atomic mass is 16.5. The average Bonchev–Trinajstić information content (AvgIpc) is 3.30. The van der Waals surface area contributed by atoms with Crippen molar-refractivity contribution in [1.29, 1.82) is 0 Å². The molecule has 0 amide bonds. The second-order valence-corrected chi connectivity index (χ2v) is 6.99. The minimum atomic E-state index is -0.0505. The molecule has 10 heteroatoms. The number of fused-ring (bicyclic) bond motifs is 1. The van der Waals surface area contributed by atoms with Crippen molar-refractivity contribution in [1.82, 2.24) is 25.6 Å². The van der Waals surface area contributed by atoms with E-state index in [-0.39, 0.29) is 12.2 Å². The van der Waals surface area contributed by atoms with Crippen LogP contribution in [0.4, 0.5) is 5.69 Å². The summed E-state index contributed by atoms with van der Waals surface area (Å²) in [5.74, 6) is 0.471. The Bertz CT molecular complexity index is 920. The molecule has 1 atom stereocenters. The molecule has 164 valence electrons. The van der Waals surface area contributed by atoms with Crippen LogP contribution in [0.15, 0.2) is 41.3 Å². The van der Waals surface area contributed by atoms with E-state index in [9.17, 15) is 0 Å². The summed E-state index contributed by atoms with van der Waals surface area (Å²) in [4.78, 5) is 19.5. The van der Waals surface area contributed by atoms with Crippen LogP contribution in [0, 0.1) is 0 Å². The van der Waals surface area contributed by atoms with Gasteiger partial charge in [-0.25, -0.2) is 9.98 Å². The standard InChI is InChI=1S/C17H18N6O2.C4H9NO/c1-24-16-13(9-19-17(22-16)25-2)14-12-5-8-23(15(12)21-10-20-14)11-3-6-18-7-4-11;1-3-6-4-2-5-1/h3-4,6-7,9-10,15H,5,8H2,1-2H3,(H,20,21);5H,1-4H2. The van der Waals surface area contributed by atoms with Gasteiger partial charge in [0, 0.05) is 49.5 Å². The second kappa shape index (κ2) is 10.2. The van der Waals surface area contributed by atoms with Crippen LogP contribution in [0.3, 0.4) is 0 Å². The molecule has 5 rings (SSSR count). The fourth-order valence-electron chi connectivity index (χ4n) is 3.72. The molecule has 0 aliphatic carbocycles. The number of hydrogen-bond acceptors (Lipinski definition) is 10. The molecular weight excluding hydrogens is 398 g/mol. The summed E-state index contributed by atoms with van der Waals surface area (Å²) in [5.41, 5.74) is 4.03. The van der Waals surface area contributed by atoms with Gasteiger partial charge in [-0.05, 0) is 18.6 Å². The predicted molar refractivity (Wildman–Crippen MR) is 117 cm³/mol. The minimum Gasteiger partial charge on any atom is -0.480 e. The molecule has 0 saturated carbocycles. The molecule has 2 saturated heterocycles. The Morgan fingerprint density at radius 2 is 1.94 bits per heavy atom. The number of pyridine rings is 1. The van der Waals surface area contributed by atoms with E-state index in [1.807, 2.05) is 12.1 Å². The lowest BCUT2D eigenvalue weighted by Gasteiger charge is -2.27. The van der Waals surface area contributed by atoms with Crippen LogP contribution in [0.25, 0.3) is 5.70 Å². The average molecular weight is 425 g/mol. The molecule has 2 N–H and O–H groups in total. The SMILES string of the molecule is C1COCCN1.COc1ncc(C2=C3CCN(c4ccncc4)C3N=CN2)c(OC)n1. The zero-order chi connectivity index (χ0) is 21.5. The van der Waals surface area contributed by atoms with Gasteiger partial charge in [0.15, 0.2) is 0 Å². The number of aliphatic imine (C=N–C) groups is 1. The van der Waals surface area contributed by atoms with Crippen molar-refractivity contribution in [2.24, 2.45) is 4.99 Å². The van der Waals surface area contributed by atoms with Crippen LogP contribution < -0.4 is 25.0 Å². The Morgan fingerprint density at radius 1 is 1.13 bits per heavy atom. The Labute approximate surface area is 181 Å².